The maximum atomic E-state index is 14.9. The van der Waals surface area contributed by atoms with Crippen LogP contribution in [0.3, 0.4) is 0 Å². The Hall–Kier alpha value is -3.53. The molecule has 3 aromatic rings. The van der Waals surface area contributed by atoms with Crippen molar-refractivity contribution in [2.24, 2.45) is 0 Å². The van der Waals surface area contributed by atoms with Crippen molar-refractivity contribution >= 4 is 23.0 Å². The number of fused-ring (bicyclic) bond motifs is 1. The third-order valence-corrected chi connectivity index (χ3v) is 6.14. The quantitative estimate of drug-likeness (QED) is 0.540. The number of rotatable bonds is 6. The molecule has 0 spiro atoms. The van der Waals surface area contributed by atoms with Gasteiger partial charge in [0, 0.05) is 44.0 Å². The molecule has 7 nitrogen and oxygen atoms in total. The molecule has 3 heterocycles. The van der Waals surface area contributed by atoms with E-state index in [1.165, 1.54) is 12.1 Å². The predicted octanol–water partition coefficient (Wildman–Crippen LogP) is 4.32. The molecular formula is C25H27F3N6O. The average molecular weight is 485 g/mol. The van der Waals surface area contributed by atoms with Crippen LogP contribution in [0.25, 0.3) is 11.3 Å². The molecule has 0 unspecified atom stereocenters. The Bertz CT molecular complexity index is 1220. The van der Waals surface area contributed by atoms with E-state index in [1.807, 2.05) is 16.7 Å². The third kappa shape index (κ3) is 4.84. The molecule has 1 fully saturated rings. The minimum absolute atomic E-state index is 0.0517. The summed E-state index contributed by atoms with van der Waals surface area (Å²) in [6.45, 7) is 6.85. The molecule has 35 heavy (non-hydrogen) atoms. The molecule has 0 saturated carbocycles. The zero-order valence-corrected chi connectivity index (χ0v) is 19.5. The normalized spacial score (nSPS) is 15.5. The molecule has 184 valence electrons. The number of halogens is 3. The first-order valence-electron chi connectivity index (χ1n) is 11.8. The zero-order valence-electron chi connectivity index (χ0n) is 19.5. The Labute approximate surface area is 201 Å². The minimum atomic E-state index is -0.686. The fraction of sp³-hybridized carbons (Fsp3) is 0.360. The standard InChI is InChI=1S/C25H27F3N6O/c1-2-7-33-10-11-35-24-19(27)12-16(13-22(24)33)23-20(28)15-30-25(32-23)31-17-3-4-21(18(26)14-17)34-8-5-29-6-9-34/h3-4,12-15,29H,2,5-11H2,1H3,(H,30,31,32). The molecule has 2 aromatic carbocycles. The Balaban J connectivity index is 1.42. The number of nitrogens with zero attached hydrogens (tertiary/aromatic N) is 4. The first-order chi connectivity index (χ1) is 17.0. The summed E-state index contributed by atoms with van der Waals surface area (Å²) in [5.41, 5.74) is 1.76. The molecule has 1 aromatic heterocycles. The molecule has 2 N–H and O–H groups in total. The van der Waals surface area contributed by atoms with Crippen molar-refractivity contribution < 1.29 is 17.9 Å². The highest BCUT2D eigenvalue weighted by molar-refractivity contribution is 5.73. The highest BCUT2D eigenvalue weighted by Crippen LogP contribution is 2.38. The number of aromatic nitrogens is 2. The van der Waals surface area contributed by atoms with Crippen molar-refractivity contribution in [3.63, 3.8) is 0 Å². The zero-order chi connectivity index (χ0) is 24.4. The Morgan fingerprint density at radius 1 is 1.00 bits per heavy atom. The number of benzene rings is 2. The summed E-state index contributed by atoms with van der Waals surface area (Å²) in [6, 6.07) is 7.69. The average Bonchev–Trinajstić information content (AvgIpc) is 2.86. The van der Waals surface area contributed by atoms with E-state index >= 15 is 0 Å². The van der Waals surface area contributed by atoms with Crippen LogP contribution in [0.1, 0.15) is 13.3 Å². The Morgan fingerprint density at radius 2 is 1.83 bits per heavy atom. The Morgan fingerprint density at radius 3 is 2.60 bits per heavy atom. The van der Waals surface area contributed by atoms with E-state index in [4.69, 9.17) is 4.74 Å². The van der Waals surface area contributed by atoms with Crippen molar-refractivity contribution in [2.75, 3.05) is 61.0 Å². The lowest BCUT2D eigenvalue weighted by molar-refractivity contribution is 0.291. The van der Waals surface area contributed by atoms with Gasteiger partial charge in [0.25, 0.3) is 0 Å². The van der Waals surface area contributed by atoms with E-state index in [0.29, 0.717) is 30.2 Å². The van der Waals surface area contributed by atoms with Gasteiger partial charge in [0.2, 0.25) is 5.95 Å². The second-order valence-corrected chi connectivity index (χ2v) is 8.56. The van der Waals surface area contributed by atoms with E-state index in [-0.39, 0.29) is 28.8 Å². The van der Waals surface area contributed by atoms with E-state index < -0.39 is 11.6 Å². The van der Waals surface area contributed by atoms with Gasteiger partial charge in [0.1, 0.15) is 18.1 Å². The van der Waals surface area contributed by atoms with Gasteiger partial charge in [0.05, 0.1) is 24.1 Å². The highest BCUT2D eigenvalue weighted by Gasteiger charge is 2.24. The topological polar surface area (TPSA) is 65.6 Å². The second kappa shape index (κ2) is 9.99. The SMILES string of the molecule is CCCN1CCOc2c(F)cc(-c3nc(Nc4ccc(N5CCNCC5)c(F)c4)ncc3F)cc21. The van der Waals surface area contributed by atoms with E-state index in [9.17, 15) is 13.2 Å². The van der Waals surface area contributed by atoms with Crippen LogP contribution >= 0.6 is 0 Å². The van der Waals surface area contributed by atoms with Gasteiger partial charge in [-0.05, 0) is 36.8 Å². The summed E-state index contributed by atoms with van der Waals surface area (Å²) >= 11 is 0. The molecule has 0 atom stereocenters. The molecular weight excluding hydrogens is 457 g/mol. The van der Waals surface area contributed by atoms with E-state index in [2.05, 4.69) is 20.6 Å². The summed E-state index contributed by atoms with van der Waals surface area (Å²) < 4.78 is 49.9. The molecule has 10 heteroatoms. The maximum absolute atomic E-state index is 14.9. The van der Waals surface area contributed by atoms with Crippen molar-refractivity contribution in [3.05, 3.63) is 54.0 Å². The number of ether oxygens (including phenoxy) is 1. The van der Waals surface area contributed by atoms with Gasteiger partial charge in [-0.15, -0.1) is 0 Å². The molecule has 1 saturated heterocycles. The third-order valence-electron chi connectivity index (χ3n) is 6.14. The van der Waals surface area contributed by atoms with Crippen molar-refractivity contribution in [1.29, 1.82) is 0 Å². The van der Waals surface area contributed by atoms with Gasteiger partial charge in [-0.3, -0.25) is 0 Å². The van der Waals surface area contributed by atoms with Crippen molar-refractivity contribution in [3.8, 4) is 17.0 Å². The van der Waals surface area contributed by atoms with Crippen LogP contribution in [0.15, 0.2) is 36.5 Å². The van der Waals surface area contributed by atoms with Crippen LogP contribution in [0, 0.1) is 17.5 Å². The number of nitrogens with one attached hydrogen (secondary N) is 2. The van der Waals surface area contributed by atoms with Crippen LogP contribution in [-0.4, -0.2) is 55.8 Å². The van der Waals surface area contributed by atoms with Crippen LogP contribution in [0.5, 0.6) is 5.75 Å². The van der Waals surface area contributed by atoms with Crippen molar-refractivity contribution in [1.82, 2.24) is 15.3 Å². The summed E-state index contributed by atoms with van der Waals surface area (Å²) in [4.78, 5) is 12.3. The number of anilines is 4. The molecule has 2 aliphatic rings. The lowest BCUT2D eigenvalue weighted by Gasteiger charge is -2.31. The Kier molecular flexibility index (Phi) is 6.63. The summed E-state index contributed by atoms with van der Waals surface area (Å²) in [6.07, 6.45) is 1.90. The first-order valence-corrected chi connectivity index (χ1v) is 11.8. The van der Waals surface area contributed by atoms with Crippen LogP contribution < -0.4 is 25.2 Å². The predicted molar refractivity (Wildman–Crippen MR) is 130 cm³/mol. The lowest BCUT2D eigenvalue weighted by Crippen LogP contribution is -2.43. The van der Waals surface area contributed by atoms with Crippen molar-refractivity contribution in [2.45, 2.75) is 13.3 Å². The van der Waals surface area contributed by atoms with Gasteiger partial charge in [0.15, 0.2) is 17.4 Å². The molecule has 0 radical (unpaired) electrons. The van der Waals surface area contributed by atoms with Gasteiger partial charge < -0.3 is 25.2 Å². The van der Waals surface area contributed by atoms with Gasteiger partial charge in [-0.2, -0.15) is 0 Å². The van der Waals surface area contributed by atoms with E-state index in [0.717, 1.165) is 45.3 Å². The summed E-state index contributed by atoms with van der Waals surface area (Å²) in [5.74, 6) is -1.38. The van der Waals surface area contributed by atoms with Crippen LogP contribution in [0.2, 0.25) is 0 Å². The summed E-state index contributed by atoms with van der Waals surface area (Å²) in [5, 5.41) is 6.17. The number of hydrogen-bond acceptors (Lipinski definition) is 7. The van der Waals surface area contributed by atoms with Crippen LogP contribution in [0.4, 0.5) is 36.2 Å². The molecule has 0 aliphatic carbocycles. The number of hydrogen-bond donors (Lipinski definition) is 2. The van der Waals surface area contributed by atoms with Gasteiger partial charge in [-0.1, -0.05) is 6.92 Å². The van der Waals surface area contributed by atoms with Crippen LogP contribution in [-0.2, 0) is 0 Å². The smallest absolute Gasteiger partial charge is 0.227 e. The minimum Gasteiger partial charge on any atom is -0.486 e. The summed E-state index contributed by atoms with van der Waals surface area (Å²) in [7, 11) is 0. The number of piperazine rings is 1. The monoisotopic (exact) mass is 484 g/mol. The molecule has 5 rings (SSSR count). The fourth-order valence-electron chi connectivity index (χ4n) is 4.48. The molecule has 2 aliphatic heterocycles. The first kappa shape index (κ1) is 23.2. The van der Waals surface area contributed by atoms with Gasteiger partial charge in [-0.25, -0.2) is 23.1 Å². The highest BCUT2D eigenvalue weighted by atomic mass is 19.1. The fourth-order valence-corrected chi connectivity index (χ4v) is 4.48. The lowest BCUT2D eigenvalue weighted by atomic mass is 10.1. The largest absolute Gasteiger partial charge is 0.486 e. The molecule has 0 bridgehead atoms. The molecule has 0 amide bonds. The van der Waals surface area contributed by atoms with Gasteiger partial charge >= 0.3 is 0 Å². The van der Waals surface area contributed by atoms with E-state index in [1.54, 1.807) is 18.2 Å². The second-order valence-electron chi connectivity index (χ2n) is 8.56. The maximum Gasteiger partial charge on any atom is 0.227 e.